The molecule has 0 aromatic carbocycles. The largest absolute Gasteiger partial charge is 0.383 e. The van der Waals surface area contributed by atoms with Crippen LogP contribution in [-0.4, -0.2) is 46.1 Å². The lowest BCUT2D eigenvalue weighted by molar-refractivity contribution is -0.121. The number of nitrogens with zero attached hydrogens (tertiary/aromatic N) is 2. The predicted octanol–water partition coefficient (Wildman–Crippen LogP) is 7.36. The Balaban J connectivity index is 1.76. The fourth-order valence-electron chi connectivity index (χ4n) is 6.58. The van der Waals surface area contributed by atoms with Gasteiger partial charge in [-0.3, -0.25) is 9.78 Å². The summed E-state index contributed by atoms with van der Waals surface area (Å²) in [6.45, 7) is 16.4. The zero-order valence-corrected chi connectivity index (χ0v) is 26.4. The topological polar surface area (TPSA) is 95.7 Å². The van der Waals surface area contributed by atoms with Gasteiger partial charge in [-0.05, 0) is 105 Å². The molecule has 7 nitrogen and oxygen atoms in total. The second kappa shape index (κ2) is 12.3. The number of fused-ring (bicyclic) bond motifs is 8. The van der Waals surface area contributed by atoms with Gasteiger partial charge in [-0.1, -0.05) is 20.8 Å². The Kier molecular flexibility index (Phi) is 8.69. The Morgan fingerprint density at radius 3 is 2.19 bits per heavy atom. The lowest BCUT2D eigenvalue weighted by Crippen LogP contribution is -2.27. The molecule has 5 rings (SSSR count). The number of carbonyl (C=O) groups excluding carboxylic acids is 1. The molecule has 42 heavy (non-hydrogen) atoms. The van der Waals surface area contributed by atoms with Crippen LogP contribution in [0.1, 0.15) is 103 Å². The smallest absolute Gasteiger partial charge is 0.220 e. The van der Waals surface area contributed by atoms with Crippen LogP contribution in [0.25, 0.3) is 33.7 Å². The maximum absolute atomic E-state index is 12.6. The molecular weight excluding hydrogens is 522 g/mol. The molecule has 2 atom stereocenters. The first-order valence-electron chi connectivity index (χ1n) is 15.3. The summed E-state index contributed by atoms with van der Waals surface area (Å²) in [5.74, 6) is 0.336. The normalized spacial score (nSPS) is 16.5. The van der Waals surface area contributed by atoms with Gasteiger partial charge in [0.05, 0.1) is 18.0 Å². The number of hydrogen-bond acceptors (Lipinski definition) is 4. The average Bonchev–Trinajstić information content (AvgIpc) is 3.66. The summed E-state index contributed by atoms with van der Waals surface area (Å²) in [5, 5.41) is 2.97. The molecule has 1 amide bonds. The Morgan fingerprint density at radius 1 is 0.905 bits per heavy atom. The summed E-state index contributed by atoms with van der Waals surface area (Å²) in [5.41, 5.74) is 15.9. The van der Waals surface area contributed by atoms with Gasteiger partial charge in [-0.15, -0.1) is 0 Å². The van der Waals surface area contributed by atoms with Crippen molar-refractivity contribution in [3.8, 4) is 0 Å². The number of methoxy groups -OCH3 is 1. The molecule has 0 saturated heterocycles. The zero-order valence-electron chi connectivity index (χ0n) is 26.4. The molecule has 3 N–H and O–H groups in total. The first-order chi connectivity index (χ1) is 20.2. The van der Waals surface area contributed by atoms with E-state index < -0.39 is 0 Å². The molecule has 2 aliphatic heterocycles. The minimum atomic E-state index is 0.0476. The molecule has 1 unspecified atom stereocenters. The molecule has 7 heteroatoms. The van der Waals surface area contributed by atoms with Crippen molar-refractivity contribution in [2.45, 2.75) is 86.0 Å². The van der Waals surface area contributed by atoms with Crippen LogP contribution in [0.4, 0.5) is 0 Å². The molecule has 0 aliphatic carbocycles. The van der Waals surface area contributed by atoms with Crippen LogP contribution in [0.2, 0.25) is 0 Å². The number of allylic oxidation sites excluding steroid dienone is 1. The monoisotopic (exact) mass is 567 g/mol. The molecule has 3 aromatic heterocycles. The van der Waals surface area contributed by atoms with E-state index in [1.807, 2.05) is 0 Å². The highest BCUT2D eigenvalue weighted by Crippen LogP contribution is 2.42. The van der Waals surface area contributed by atoms with Gasteiger partial charge in [-0.2, -0.15) is 0 Å². The summed E-state index contributed by atoms with van der Waals surface area (Å²) in [7, 11) is 1.64. The predicted molar refractivity (Wildman–Crippen MR) is 173 cm³/mol. The number of rotatable bonds is 8. The molecule has 2 aliphatic rings. The van der Waals surface area contributed by atoms with Gasteiger partial charge in [0.15, 0.2) is 0 Å². The third-order valence-corrected chi connectivity index (χ3v) is 9.22. The van der Waals surface area contributed by atoms with Crippen molar-refractivity contribution in [1.82, 2.24) is 25.3 Å². The Hall–Kier alpha value is -3.71. The zero-order chi connectivity index (χ0) is 30.1. The van der Waals surface area contributed by atoms with E-state index in [-0.39, 0.29) is 17.7 Å². The number of aryl methyl sites for hydroxylation is 4. The van der Waals surface area contributed by atoms with Crippen LogP contribution in [0.15, 0.2) is 18.2 Å². The van der Waals surface area contributed by atoms with Crippen molar-refractivity contribution in [1.29, 1.82) is 0 Å². The van der Waals surface area contributed by atoms with Crippen molar-refractivity contribution in [3.63, 3.8) is 0 Å². The lowest BCUT2D eigenvalue weighted by Gasteiger charge is -2.17. The number of hydrogen-bond donors (Lipinski definition) is 3. The second-order valence-electron chi connectivity index (χ2n) is 11.8. The van der Waals surface area contributed by atoms with E-state index >= 15 is 0 Å². The molecule has 3 aromatic rings. The highest BCUT2D eigenvalue weighted by atomic mass is 16.5. The summed E-state index contributed by atoms with van der Waals surface area (Å²) < 4.78 is 5.09. The first-order valence-corrected chi connectivity index (χ1v) is 15.3. The summed E-state index contributed by atoms with van der Waals surface area (Å²) in [4.78, 5) is 30.5. The van der Waals surface area contributed by atoms with Crippen LogP contribution in [0.3, 0.4) is 0 Å². The molecule has 5 heterocycles. The Labute approximate surface area is 249 Å². The number of ether oxygens (including phenoxy) is 1. The third-order valence-electron chi connectivity index (χ3n) is 9.22. The number of H-pyrrole nitrogens is 2. The maximum Gasteiger partial charge on any atom is 0.220 e. The highest BCUT2D eigenvalue weighted by molar-refractivity contribution is 5.85. The van der Waals surface area contributed by atoms with Crippen molar-refractivity contribution >= 4 is 39.6 Å². The van der Waals surface area contributed by atoms with Gasteiger partial charge in [0.25, 0.3) is 0 Å². The van der Waals surface area contributed by atoms with Crippen molar-refractivity contribution < 1.29 is 9.53 Å². The summed E-state index contributed by atoms with van der Waals surface area (Å²) in [6.07, 6.45) is 5.22. The third kappa shape index (κ3) is 5.54. The standard InChI is InChI=1S/C35H45N5O2/c1-9-24-21(5)30-18-33-25(10-2)20(4)29(38-33)17-31-22(6)26(11-12-34(41)36-13-14-42-8)35(40-31)23(7)28-15-19(3)27(37-28)16-32(24)39-30/h15-18,22,26,38-39H,9-14H2,1-8H3,(H,36,41)/t22?,26-/m0/s1. The van der Waals surface area contributed by atoms with E-state index in [9.17, 15) is 4.79 Å². The molecular formula is C35H45N5O2. The minimum absolute atomic E-state index is 0.0476. The van der Waals surface area contributed by atoms with E-state index in [1.165, 1.54) is 22.3 Å². The number of aromatic amines is 2. The van der Waals surface area contributed by atoms with E-state index in [1.54, 1.807) is 7.11 Å². The van der Waals surface area contributed by atoms with Crippen molar-refractivity contribution in [3.05, 3.63) is 68.8 Å². The Morgan fingerprint density at radius 2 is 1.55 bits per heavy atom. The number of nitrogens with one attached hydrogen (secondary N) is 3. The van der Waals surface area contributed by atoms with Crippen LogP contribution < -0.4 is 5.32 Å². The molecule has 8 bridgehead atoms. The van der Waals surface area contributed by atoms with Gasteiger partial charge < -0.3 is 20.0 Å². The van der Waals surface area contributed by atoms with Gasteiger partial charge in [0.2, 0.25) is 5.91 Å². The van der Waals surface area contributed by atoms with Crippen LogP contribution in [0, 0.1) is 20.8 Å². The van der Waals surface area contributed by atoms with E-state index in [2.05, 4.69) is 88.0 Å². The van der Waals surface area contributed by atoms with Gasteiger partial charge >= 0.3 is 0 Å². The average molecular weight is 568 g/mol. The molecule has 0 fully saturated rings. The molecule has 0 radical (unpaired) electrons. The van der Waals surface area contributed by atoms with Crippen molar-refractivity contribution in [2.75, 3.05) is 20.3 Å². The van der Waals surface area contributed by atoms with E-state index in [0.717, 1.165) is 75.2 Å². The fraction of sp³-hybridized carbons (Fsp3) is 0.457. The molecule has 222 valence electrons. The molecule has 0 saturated carbocycles. The van der Waals surface area contributed by atoms with E-state index in [0.29, 0.717) is 19.6 Å². The first kappa shape index (κ1) is 29.8. The van der Waals surface area contributed by atoms with Gasteiger partial charge in [0, 0.05) is 65.4 Å². The van der Waals surface area contributed by atoms with Crippen LogP contribution in [0.5, 0.6) is 0 Å². The van der Waals surface area contributed by atoms with Crippen LogP contribution in [-0.2, 0) is 22.4 Å². The summed E-state index contributed by atoms with van der Waals surface area (Å²) in [6, 6.07) is 6.68. The maximum atomic E-state index is 12.6. The summed E-state index contributed by atoms with van der Waals surface area (Å²) >= 11 is 0. The minimum Gasteiger partial charge on any atom is -0.383 e. The van der Waals surface area contributed by atoms with Crippen LogP contribution >= 0.6 is 0 Å². The van der Waals surface area contributed by atoms with E-state index in [4.69, 9.17) is 14.7 Å². The fourth-order valence-corrected chi connectivity index (χ4v) is 6.58. The number of carbonyl (C=O) groups is 1. The number of aromatic nitrogens is 4. The van der Waals surface area contributed by atoms with Gasteiger partial charge in [-0.25, -0.2) is 4.98 Å². The van der Waals surface area contributed by atoms with Gasteiger partial charge in [0.1, 0.15) is 0 Å². The SMILES string of the molecule is CCc1c(C)c2cc3[nH]c(cc4nc(c(C)c5nc(cc1[nH]2)C(C)=C5)[C@@H](CCC(=O)NCCOC)C4C)c(C)c3CC. The molecule has 0 spiro atoms. The highest BCUT2D eigenvalue weighted by Gasteiger charge is 2.31. The second-order valence-corrected chi connectivity index (χ2v) is 11.8. The van der Waals surface area contributed by atoms with Crippen molar-refractivity contribution in [2.24, 2.45) is 0 Å². The number of amides is 1. The Bertz CT molecular complexity index is 1710. The quantitative estimate of drug-likeness (QED) is 0.248. The lowest BCUT2D eigenvalue weighted by atomic mass is 9.85.